The number of hydrogen-bond acceptors (Lipinski definition) is 4. The van der Waals surface area contributed by atoms with Crippen LogP contribution < -0.4 is 15.5 Å². The van der Waals surface area contributed by atoms with Gasteiger partial charge in [0, 0.05) is 26.3 Å². The molecular formula is C24H21BrClN3O3. The monoisotopic (exact) mass is 513 g/mol. The van der Waals surface area contributed by atoms with Crippen molar-refractivity contribution in [3.05, 3.63) is 92.4 Å². The summed E-state index contributed by atoms with van der Waals surface area (Å²) < 4.78 is 6.55. The molecule has 164 valence electrons. The lowest BCUT2D eigenvalue weighted by Gasteiger charge is -2.12. The molecule has 6 nitrogen and oxygen atoms in total. The Bertz CT molecular complexity index is 1160. The van der Waals surface area contributed by atoms with E-state index in [1.54, 1.807) is 42.5 Å². The minimum atomic E-state index is -0.355. The van der Waals surface area contributed by atoms with Crippen LogP contribution in [0.5, 0.6) is 5.75 Å². The van der Waals surface area contributed by atoms with E-state index < -0.39 is 0 Å². The fourth-order valence-electron chi connectivity index (χ4n) is 2.78. The number of carbonyl (C=O) groups is 2. The number of halogens is 2. The van der Waals surface area contributed by atoms with Gasteiger partial charge in [0.2, 0.25) is 0 Å². The van der Waals surface area contributed by atoms with Crippen LogP contribution in [0.1, 0.15) is 27.0 Å². The second kappa shape index (κ2) is 10.9. The normalized spacial score (nSPS) is 10.8. The Morgan fingerprint density at radius 3 is 2.56 bits per heavy atom. The number of aryl methyl sites for hydroxylation is 2. The lowest BCUT2D eigenvalue weighted by Crippen LogP contribution is -2.21. The van der Waals surface area contributed by atoms with Crippen molar-refractivity contribution in [2.75, 3.05) is 11.9 Å². The van der Waals surface area contributed by atoms with Gasteiger partial charge < -0.3 is 10.1 Å². The van der Waals surface area contributed by atoms with Crippen LogP contribution in [-0.2, 0) is 4.79 Å². The molecule has 8 heteroatoms. The summed E-state index contributed by atoms with van der Waals surface area (Å²) in [4.78, 5) is 24.5. The molecule has 0 bridgehead atoms. The fraction of sp³-hybridized carbons (Fsp3) is 0.125. The van der Waals surface area contributed by atoms with Crippen molar-refractivity contribution >= 4 is 51.2 Å². The summed E-state index contributed by atoms with van der Waals surface area (Å²) in [7, 11) is 0. The third kappa shape index (κ3) is 6.67. The number of hydrazone groups is 1. The van der Waals surface area contributed by atoms with Crippen molar-refractivity contribution < 1.29 is 14.3 Å². The van der Waals surface area contributed by atoms with Gasteiger partial charge in [-0.25, -0.2) is 5.43 Å². The van der Waals surface area contributed by atoms with Crippen molar-refractivity contribution in [2.45, 2.75) is 13.8 Å². The molecule has 0 saturated heterocycles. The highest BCUT2D eigenvalue weighted by atomic mass is 79.9. The van der Waals surface area contributed by atoms with Crippen LogP contribution in [-0.4, -0.2) is 24.6 Å². The molecule has 32 heavy (non-hydrogen) atoms. The lowest BCUT2D eigenvalue weighted by atomic mass is 10.1. The molecular weight excluding hydrogens is 494 g/mol. The highest BCUT2D eigenvalue weighted by molar-refractivity contribution is 9.10. The van der Waals surface area contributed by atoms with E-state index in [1.165, 1.54) is 6.21 Å². The Morgan fingerprint density at radius 2 is 1.81 bits per heavy atom. The summed E-state index contributed by atoms with van der Waals surface area (Å²) in [6, 6.07) is 17.7. The maximum atomic E-state index is 12.4. The predicted molar refractivity (Wildman–Crippen MR) is 131 cm³/mol. The fourth-order valence-corrected chi connectivity index (χ4v) is 3.22. The van der Waals surface area contributed by atoms with Gasteiger partial charge >= 0.3 is 0 Å². The zero-order chi connectivity index (χ0) is 23.1. The molecule has 0 radical (unpaired) electrons. The number of anilines is 1. The SMILES string of the molecule is Cc1ccc(C)c(NC(=O)COc2ccc(Cl)cc2/C=N/NC(=O)c2ccc(Br)cc2)c1. The molecule has 3 aromatic carbocycles. The smallest absolute Gasteiger partial charge is 0.271 e. The van der Waals surface area contributed by atoms with Gasteiger partial charge in [0.05, 0.1) is 6.21 Å². The highest BCUT2D eigenvalue weighted by Crippen LogP contribution is 2.22. The minimum Gasteiger partial charge on any atom is -0.483 e. The number of amides is 2. The third-order valence-corrected chi connectivity index (χ3v) is 5.24. The van der Waals surface area contributed by atoms with E-state index in [4.69, 9.17) is 16.3 Å². The van der Waals surface area contributed by atoms with E-state index in [0.29, 0.717) is 21.9 Å². The van der Waals surface area contributed by atoms with Crippen LogP contribution in [0.4, 0.5) is 5.69 Å². The number of nitrogens with zero attached hydrogens (tertiary/aromatic N) is 1. The number of ether oxygens (including phenoxy) is 1. The van der Waals surface area contributed by atoms with E-state index in [-0.39, 0.29) is 18.4 Å². The van der Waals surface area contributed by atoms with Gasteiger partial charge in [-0.2, -0.15) is 5.10 Å². The van der Waals surface area contributed by atoms with Crippen molar-refractivity contribution in [1.82, 2.24) is 5.43 Å². The first-order valence-electron chi connectivity index (χ1n) is 9.70. The van der Waals surface area contributed by atoms with Gasteiger partial charge in [0.25, 0.3) is 11.8 Å². The topological polar surface area (TPSA) is 79.8 Å². The van der Waals surface area contributed by atoms with Crippen molar-refractivity contribution in [1.29, 1.82) is 0 Å². The molecule has 0 aliphatic rings. The quantitative estimate of drug-likeness (QED) is 0.323. The zero-order valence-corrected chi connectivity index (χ0v) is 19.8. The number of hydrogen-bond donors (Lipinski definition) is 2. The van der Waals surface area contributed by atoms with Crippen LogP contribution in [0, 0.1) is 13.8 Å². The predicted octanol–water partition coefficient (Wildman–Crippen LogP) is 5.50. The summed E-state index contributed by atoms with van der Waals surface area (Å²) in [5.74, 6) is -0.238. The van der Waals surface area contributed by atoms with Crippen molar-refractivity contribution in [2.24, 2.45) is 5.10 Å². The third-order valence-electron chi connectivity index (χ3n) is 4.47. The molecule has 3 rings (SSSR count). The number of benzene rings is 3. The lowest BCUT2D eigenvalue weighted by molar-refractivity contribution is -0.118. The van der Waals surface area contributed by atoms with Gasteiger partial charge in [-0.05, 0) is 73.5 Å². The van der Waals surface area contributed by atoms with Gasteiger partial charge in [-0.1, -0.05) is 39.7 Å². The van der Waals surface area contributed by atoms with Crippen LogP contribution in [0.25, 0.3) is 0 Å². The number of rotatable bonds is 7. The molecule has 0 unspecified atom stereocenters. The van der Waals surface area contributed by atoms with E-state index in [1.807, 2.05) is 32.0 Å². The average Bonchev–Trinajstić information content (AvgIpc) is 2.76. The van der Waals surface area contributed by atoms with E-state index in [9.17, 15) is 9.59 Å². The minimum absolute atomic E-state index is 0.193. The number of carbonyl (C=O) groups excluding carboxylic acids is 2. The Hall–Kier alpha value is -3.16. The highest BCUT2D eigenvalue weighted by Gasteiger charge is 2.09. The van der Waals surface area contributed by atoms with Gasteiger partial charge in [0.1, 0.15) is 5.75 Å². The summed E-state index contributed by atoms with van der Waals surface area (Å²) in [5, 5.41) is 7.30. The maximum Gasteiger partial charge on any atom is 0.271 e. The molecule has 0 aliphatic heterocycles. The molecule has 0 fully saturated rings. The first kappa shape index (κ1) is 23.5. The second-order valence-corrected chi connectivity index (χ2v) is 8.40. The number of nitrogens with one attached hydrogen (secondary N) is 2. The first-order chi connectivity index (χ1) is 15.3. The molecule has 2 N–H and O–H groups in total. The van der Waals surface area contributed by atoms with Gasteiger partial charge in [-0.3, -0.25) is 9.59 Å². The summed E-state index contributed by atoms with van der Waals surface area (Å²) in [5.41, 5.74) is 6.20. The van der Waals surface area contributed by atoms with Crippen molar-refractivity contribution in [3.8, 4) is 5.75 Å². The Balaban J connectivity index is 1.63. The molecule has 0 aromatic heterocycles. The van der Waals surface area contributed by atoms with Crippen molar-refractivity contribution in [3.63, 3.8) is 0 Å². The molecule has 0 spiro atoms. The first-order valence-corrected chi connectivity index (χ1v) is 10.9. The van der Waals surface area contributed by atoms with E-state index in [2.05, 4.69) is 31.8 Å². The van der Waals surface area contributed by atoms with Gasteiger partial charge in [-0.15, -0.1) is 0 Å². The van der Waals surface area contributed by atoms with E-state index >= 15 is 0 Å². The van der Waals surface area contributed by atoms with Crippen LogP contribution in [0.2, 0.25) is 5.02 Å². The average molecular weight is 515 g/mol. The zero-order valence-electron chi connectivity index (χ0n) is 17.5. The molecule has 0 atom stereocenters. The molecule has 3 aromatic rings. The molecule has 0 aliphatic carbocycles. The molecule has 2 amide bonds. The van der Waals surface area contributed by atoms with Crippen LogP contribution in [0.15, 0.2) is 70.2 Å². The molecule has 0 saturated carbocycles. The largest absolute Gasteiger partial charge is 0.483 e. The Morgan fingerprint density at radius 1 is 1.06 bits per heavy atom. The summed E-state index contributed by atoms with van der Waals surface area (Å²) >= 11 is 9.41. The molecule has 0 heterocycles. The summed E-state index contributed by atoms with van der Waals surface area (Å²) in [6.45, 7) is 3.69. The van der Waals surface area contributed by atoms with E-state index in [0.717, 1.165) is 21.3 Å². The standard InChI is InChI=1S/C24H21BrClN3O3/c1-15-3-4-16(2)21(11-15)28-23(30)14-32-22-10-9-20(26)12-18(22)13-27-29-24(31)17-5-7-19(25)8-6-17/h3-13H,14H2,1-2H3,(H,28,30)(H,29,31)/b27-13+. The Kier molecular flexibility index (Phi) is 8.03. The van der Waals surface area contributed by atoms with Gasteiger partial charge in [0.15, 0.2) is 6.61 Å². The van der Waals surface area contributed by atoms with Crippen LogP contribution >= 0.6 is 27.5 Å². The second-order valence-electron chi connectivity index (χ2n) is 7.04. The van der Waals surface area contributed by atoms with Crippen LogP contribution in [0.3, 0.4) is 0 Å². The summed E-state index contributed by atoms with van der Waals surface area (Å²) in [6.07, 6.45) is 1.42. The Labute approximate surface area is 199 Å². The maximum absolute atomic E-state index is 12.4.